The molecule has 0 aliphatic heterocycles. The summed E-state index contributed by atoms with van der Waals surface area (Å²) in [6.45, 7) is 3.78. The van der Waals surface area contributed by atoms with Crippen LogP contribution in [-0.4, -0.2) is 36.0 Å². The van der Waals surface area contributed by atoms with Gasteiger partial charge in [-0.1, -0.05) is 0 Å². The van der Waals surface area contributed by atoms with Crippen LogP contribution in [0, 0.1) is 0 Å². The third kappa shape index (κ3) is 4.06. The minimum absolute atomic E-state index is 0.820. The van der Waals surface area contributed by atoms with E-state index in [2.05, 4.69) is 33.7 Å². The predicted octanol–water partition coefficient (Wildman–Crippen LogP) is 3.39. The highest BCUT2D eigenvalue weighted by molar-refractivity contribution is 7.98. The largest absolute Gasteiger partial charge is 0.385 e. The molecule has 2 heterocycles. The Kier molecular flexibility index (Phi) is 5.88. The van der Waals surface area contributed by atoms with Gasteiger partial charge >= 0.3 is 0 Å². The van der Waals surface area contributed by atoms with E-state index >= 15 is 0 Å². The lowest BCUT2D eigenvalue weighted by atomic mass is 10.3. The molecule has 0 radical (unpaired) electrons. The van der Waals surface area contributed by atoms with Crippen molar-refractivity contribution in [1.29, 1.82) is 0 Å². The molecule has 104 valence electrons. The van der Waals surface area contributed by atoms with Crippen molar-refractivity contribution in [2.45, 2.75) is 19.1 Å². The number of methoxy groups -OCH3 is 1. The summed E-state index contributed by atoms with van der Waals surface area (Å²) in [5.41, 5.74) is 0. The fourth-order valence-electron chi connectivity index (χ4n) is 1.74. The van der Waals surface area contributed by atoms with Gasteiger partial charge < -0.3 is 10.1 Å². The quantitative estimate of drug-likeness (QED) is 0.757. The van der Waals surface area contributed by atoms with Crippen LogP contribution in [0.15, 0.2) is 11.4 Å². The van der Waals surface area contributed by atoms with Gasteiger partial charge in [0.2, 0.25) is 0 Å². The van der Waals surface area contributed by atoms with Crippen molar-refractivity contribution in [3.05, 3.63) is 17.3 Å². The number of thioether (sulfide) groups is 1. The van der Waals surface area contributed by atoms with E-state index in [4.69, 9.17) is 4.74 Å². The van der Waals surface area contributed by atoms with Gasteiger partial charge in [0.15, 0.2) is 0 Å². The highest BCUT2D eigenvalue weighted by Crippen LogP contribution is 2.26. The highest BCUT2D eigenvalue weighted by atomic mass is 32.2. The molecule has 2 aromatic rings. The first-order valence-corrected chi connectivity index (χ1v) is 8.43. The second kappa shape index (κ2) is 7.67. The standard InChI is InChI=1S/C13H19N3OS2/c1-3-14-12-10-5-8-19-13(10)16-11(15-12)9-18-7-4-6-17-2/h5,8H,3-4,6-7,9H2,1-2H3,(H,14,15,16). The van der Waals surface area contributed by atoms with Gasteiger partial charge in [-0.3, -0.25) is 0 Å². The summed E-state index contributed by atoms with van der Waals surface area (Å²) in [4.78, 5) is 10.3. The van der Waals surface area contributed by atoms with Gasteiger partial charge in [0.05, 0.1) is 11.1 Å². The summed E-state index contributed by atoms with van der Waals surface area (Å²) in [6, 6.07) is 2.08. The maximum atomic E-state index is 5.04. The second-order valence-electron chi connectivity index (χ2n) is 4.06. The van der Waals surface area contributed by atoms with Crippen LogP contribution in [0.1, 0.15) is 19.2 Å². The molecule has 2 rings (SSSR count). The number of ether oxygens (including phenoxy) is 1. The molecule has 2 aromatic heterocycles. The second-order valence-corrected chi connectivity index (χ2v) is 6.06. The van der Waals surface area contributed by atoms with Crippen molar-refractivity contribution < 1.29 is 4.74 Å². The third-order valence-electron chi connectivity index (χ3n) is 2.58. The van der Waals surface area contributed by atoms with E-state index < -0.39 is 0 Å². The summed E-state index contributed by atoms with van der Waals surface area (Å²) < 4.78 is 5.04. The minimum Gasteiger partial charge on any atom is -0.385 e. The Hall–Kier alpha value is -0.850. The Morgan fingerprint density at radius 3 is 3.11 bits per heavy atom. The molecule has 0 saturated carbocycles. The number of rotatable bonds is 8. The number of nitrogens with zero attached hydrogens (tertiary/aromatic N) is 2. The molecule has 0 spiro atoms. The summed E-state index contributed by atoms with van der Waals surface area (Å²) in [7, 11) is 1.74. The summed E-state index contributed by atoms with van der Waals surface area (Å²) in [5.74, 6) is 3.81. The van der Waals surface area contributed by atoms with E-state index in [1.807, 2.05) is 11.8 Å². The molecule has 0 saturated heterocycles. The van der Waals surface area contributed by atoms with Crippen molar-refractivity contribution in [2.75, 3.05) is 31.3 Å². The van der Waals surface area contributed by atoms with Crippen LogP contribution in [0.3, 0.4) is 0 Å². The lowest BCUT2D eigenvalue weighted by Gasteiger charge is -2.07. The maximum Gasteiger partial charge on any atom is 0.142 e. The molecule has 0 aliphatic carbocycles. The van der Waals surface area contributed by atoms with Gasteiger partial charge in [-0.15, -0.1) is 11.3 Å². The molecule has 4 nitrogen and oxygen atoms in total. The first-order valence-electron chi connectivity index (χ1n) is 6.39. The van der Waals surface area contributed by atoms with E-state index in [1.165, 1.54) is 0 Å². The van der Waals surface area contributed by atoms with Gasteiger partial charge in [-0.2, -0.15) is 11.8 Å². The van der Waals surface area contributed by atoms with Gasteiger partial charge in [0.25, 0.3) is 0 Å². The number of hydrogen-bond donors (Lipinski definition) is 1. The molecule has 0 fully saturated rings. The molecule has 1 N–H and O–H groups in total. The number of hydrogen-bond acceptors (Lipinski definition) is 6. The van der Waals surface area contributed by atoms with Crippen LogP contribution >= 0.6 is 23.1 Å². The molecular weight excluding hydrogens is 278 g/mol. The normalized spacial score (nSPS) is 11.1. The highest BCUT2D eigenvalue weighted by Gasteiger charge is 2.08. The molecule has 19 heavy (non-hydrogen) atoms. The zero-order chi connectivity index (χ0) is 13.5. The van der Waals surface area contributed by atoms with Crippen molar-refractivity contribution >= 4 is 39.1 Å². The van der Waals surface area contributed by atoms with E-state index in [1.54, 1.807) is 18.4 Å². The molecule has 0 aliphatic rings. The molecule has 0 amide bonds. The van der Waals surface area contributed by atoms with Crippen molar-refractivity contribution in [3.63, 3.8) is 0 Å². The number of nitrogens with one attached hydrogen (secondary N) is 1. The fraction of sp³-hybridized carbons (Fsp3) is 0.538. The van der Waals surface area contributed by atoms with E-state index in [-0.39, 0.29) is 0 Å². The number of fused-ring (bicyclic) bond motifs is 1. The van der Waals surface area contributed by atoms with Gasteiger partial charge in [-0.25, -0.2) is 9.97 Å². The lowest BCUT2D eigenvalue weighted by molar-refractivity contribution is 0.200. The van der Waals surface area contributed by atoms with Crippen LogP contribution in [0.2, 0.25) is 0 Å². The molecule has 0 atom stereocenters. The van der Waals surface area contributed by atoms with Gasteiger partial charge in [0, 0.05) is 20.3 Å². The molecule has 6 heteroatoms. The monoisotopic (exact) mass is 297 g/mol. The predicted molar refractivity (Wildman–Crippen MR) is 84.2 cm³/mol. The molecule has 0 unspecified atom stereocenters. The van der Waals surface area contributed by atoms with Crippen LogP contribution < -0.4 is 5.32 Å². The van der Waals surface area contributed by atoms with Crippen molar-refractivity contribution in [3.8, 4) is 0 Å². The Morgan fingerprint density at radius 2 is 2.32 bits per heavy atom. The molecule has 0 aromatic carbocycles. The van der Waals surface area contributed by atoms with Crippen LogP contribution in [0.5, 0.6) is 0 Å². The fourth-order valence-corrected chi connectivity index (χ4v) is 3.30. The Bertz CT molecular complexity index is 516. The van der Waals surface area contributed by atoms with Crippen molar-refractivity contribution in [1.82, 2.24) is 9.97 Å². The maximum absolute atomic E-state index is 5.04. The Labute approximate surface area is 122 Å². The number of thiophene rings is 1. The van der Waals surface area contributed by atoms with Crippen LogP contribution in [0.4, 0.5) is 5.82 Å². The number of aromatic nitrogens is 2. The average Bonchev–Trinajstić information content (AvgIpc) is 2.87. The van der Waals surface area contributed by atoms with Crippen LogP contribution in [-0.2, 0) is 10.5 Å². The first kappa shape index (κ1) is 14.6. The van der Waals surface area contributed by atoms with E-state index in [0.29, 0.717) is 0 Å². The zero-order valence-corrected chi connectivity index (χ0v) is 12.9. The third-order valence-corrected chi connectivity index (χ3v) is 4.43. The summed E-state index contributed by atoms with van der Waals surface area (Å²) in [5, 5.41) is 6.50. The number of anilines is 1. The average molecular weight is 297 g/mol. The van der Waals surface area contributed by atoms with E-state index in [9.17, 15) is 0 Å². The zero-order valence-electron chi connectivity index (χ0n) is 11.3. The SMILES string of the molecule is CCNc1nc(CSCCCOC)nc2sccc12. The Morgan fingerprint density at radius 1 is 1.42 bits per heavy atom. The van der Waals surface area contributed by atoms with Crippen molar-refractivity contribution in [2.24, 2.45) is 0 Å². The van der Waals surface area contributed by atoms with Crippen LogP contribution in [0.25, 0.3) is 10.2 Å². The lowest BCUT2D eigenvalue weighted by Crippen LogP contribution is -2.03. The van der Waals surface area contributed by atoms with Gasteiger partial charge in [0.1, 0.15) is 16.5 Å². The minimum atomic E-state index is 0.820. The topological polar surface area (TPSA) is 47.0 Å². The summed E-state index contributed by atoms with van der Waals surface area (Å²) in [6.07, 6.45) is 1.07. The summed E-state index contributed by atoms with van der Waals surface area (Å²) >= 11 is 3.52. The van der Waals surface area contributed by atoms with Gasteiger partial charge in [-0.05, 0) is 30.5 Å². The van der Waals surface area contributed by atoms with E-state index in [0.717, 1.165) is 52.9 Å². The molecule has 0 bridgehead atoms. The molecular formula is C13H19N3OS2. The smallest absolute Gasteiger partial charge is 0.142 e. The first-order chi connectivity index (χ1) is 9.35. The Balaban J connectivity index is 2.02.